The lowest BCUT2D eigenvalue weighted by atomic mass is 9.92. The molecule has 4 aromatic carbocycles. The van der Waals surface area contributed by atoms with E-state index in [1.165, 1.54) is 14.2 Å². The minimum Gasteiger partial charge on any atom is -0.488 e. The average Bonchev–Trinajstić information content (AvgIpc) is 3.96. The fourth-order valence-electron chi connectivity index (χ4n) is 10.7. The summed E-state index contributed by atoms with van der Waals surface area (Å²) < 4.78 is 21.7. The molecule has 0 spiro atoms. The summed E-state index contributed by atoms with van der Waals surface area (Å²) in [5.74, 6) is 2.40. The van der Waals surface area contributed by atoms with Gasteiger partial charge in [0.25, 0.3) is 5.91 Å². The van der Waals surface area contributed by atoms with Crippen molar-refractivity contribution in [2.75, 3.05) is 34.5 Å². The summed E-state index contributed by atoms with van der Waals surface area (Å²) in [6.07, 6.45) is 1.92. The zero-order chi connectivity index (χ0) is 46.0. The Morgan fingerprint density at radius 2 is 1.65 bits per heavy atom. The van der Waals surface area contributed by atoms with E-state index >= 15 is 0 Å². The van der Waals surface area contributed by atoms with E-state index in [0.717, 1.165) is 61.9 Å². The molecule has 10 rings (SSSR count). The van der Waals surface area contributed by atoms with Gasteiger partial charge in [-0.05, 0) is 82.5 Å². The lowest BCUT2D eigenvalue weighted by Crippen LogP contribution is -2.51. The van der Waals surface area contributed by atoms with E-state index in [0.29, 0.717) is 55.2 Å². The van der Waals surface area contributed by atoms with Crippen LogP contribution in [0.5, 0.6) is 5.75 Å². The third-order valence-electron chi connectivity index (χ3n) is 14.1. The van der Waals surface area contributed by atoms with E-state index in [2.05, 4.69) is 63.9 Å². The fraction of sp³-hybridized carbons (Fsp3) is 0.400. The molecule has 16 heteroatoms. The highest BCUT2D eigenvalue weighted by Crippen LogP contribution is 2.58. The molecule has 16 nitrogen and oxygen atoms in total. The molecule has 1 aliphatic carbocycles. The Bertz CT molecular complexity index is 2860. The smallest absolute Gasteiger partial charge is 0.407 e. The number of carbonyl (C=O) groups is 4. The lowest BCUT2D eigenvalue weighted by molar-refractivity contribution is -0.136. The van der Waals surface area contributed by atoms with Gasteiger partial charge in [0.15, 0.2) is 0 Å². The summed E-state index contributed by atoms with van der Waals surface area (Å²) in [4.78, 5) is 73.9. The number of piperidine rings is 1. The monoisotopic (exact) mass is 894 g/mol. The minimum atomic E-state index is -0.908. The van der Waals surface area contributed by atoms with Crippen LogP contribution in [0.4, 0.5) is 9.59 Å². The Hall–Kier alpha value is -6.94. The number of amides is 4. The molecule has 0 radical (unpaired) electrons. The van der Waals surface area contributed by atoms with Crippen LogP contribution in [0.25, 0.3) is 44.2 Å². The van der Waals surface area contributed by atoms with Gasteiger partial charge in [0.2, 0.25) is 5.91 Å². The maximum atomic E-state index is 14.5. The zero-order valence-corrected chi connectivity index (χ0v) is 37.8. The van der Waals surface area contributed by atoms with Crippen LogP contribution in [-0.2, 0) is 30.4 Å². The predicted molar refractivity (Wildman–Crippen MR) is 245 cm³/mol. The van der Waals surface area contributed by atoms with E-state index in [1.807, 2.05) is 55.1 Å². The fourth-order valence-corrected chi connectivity index (χ4v) is 10.7. The van der Waals surface area contributed by atoms with Gasteiger partial charge < -0.3 is 49.3 Å². The Morgan fingerprint density at radius 1 is 0.864 bits per heavy atom. The van der Waals surface area contributed by atoms with E-state index in [4.69, 9.17) is 28.9 Å². The van der Waals surface area contributed by atoms with E-state index in [-0.39, 0.29) is 41.8 Å². The van der Waals surface area contributed by atoms with E-state index < -0.39 is 24.3 Å². The van der Waals surface area contributed by atoms with Crippen LogP contribution < -0.4 is 15.4 Å². The van der Waals surface area contributed by atoms with Crippen molar-refractivity contribution in [2.45, 2.75) is 70.4 Å². The normalized spacial score (nSPS) is 22.6. The minimum absolute atomic E-state index is 0.0532. The topological polar surface area (TPSA) is 193 Å². The van der Waals surface area contributed by atoms with Crippen LogP contribution in [0.2, 0.25) is 0 Å². The van der Waals surface area contributed by atoms with Crippen molar-refractivity contribution >= 4 is 45.8 Å². The lowest BCUT2D eigenvalue weighted by Gasteiger charge is -2.31. The van der Waals surface area contributed by atoms with Crippen molar-refractivity contribution in [2.24, 2.45) is 23.7 Å². The highest BCUT2D eigenvalue weighted by atomic mass is 16.5. The van der Waals surface area contributed by atoms with Crippen LogP contribution in [0.1, 0.15) is 74.5 Å². The molecule has 4 amide bonds. The number of rotatable bonds is 11. The molecule has 3 aliphatic heterocycles. The molecule has 0 bridgehead atoms. The first-order chi connectivity index (χ1) is 32.0. The second-order valence-electron chi connectivity index (χ2n) is 18.4. The number of imidazole rings is 2. The molecule has 8 atom stereocenters. The van der Waals surface area contributed by atoms with Gasteiger partial charge in [0, 0.05) is 36.6 Å². The van der Waals surface area contributed by atoms with Gasteiger partial charge in [0.1, 0.15) is 36.1 Å². The summed E-state index contributed by atoms with van der Waals surface area (Å²) in [6.45, 7) is 7.30. The second kappa shape index (κ2) is 17.1. The molecule has 3 fully saturated rings. The predicted octanol–water partition coefficient (Wildman–Crippen LogP) is 7.59. The number of ether oxygens (including phenoxy) is 4. The zero-order valence-electron chi connectivity index (χ0n) is 37.8. The molecule has 4 aliphatic rings. The second-order valence-corrected chi connectivity index (χ2v) is 18.4. The molecule has 2 saturated heterocycles. The van der Waals surface area contributed by atoms with Crippen LogP contribution in [0, 0.1) is 23.7 Å². The van der Waals surface area contributed by atoms with Crippen molar-refractivity contribution in [3.63, 3.8) is 0 Å². The number of nitrogens with zero attached hydrogens (tertiary/aromatic N) is 4. The van der Waals surface area contributed by atoms with Gasteiger partial charge in [-0.1, -0.05) is 69.3 Å². The third kappa shape index (κ3) is 7.56. The number of hydrogen-bond acceptors (Lipinski definition) is 10. The summed E-state index contributed by atoms with van der Waals surface area (Å²) in [7, 11) is 4.24. The number of carbonyl (C=O) groups excluding carboxylic acids is 4. The van der Waals surface area contributed by atoms with Crippen molar-refractivity contribution in [1.29, 1.82) is 0 Å². The van der Waals surface area contributed by atoms with Crippen LogP contribution >= 0.6 is 0 Å². The van der Waals surface area contributed by atoms with Gasteiger partial charge in [-0.3, -0.25) is 9.59 Å². The molecule has 5 heterocycles. The number of nitrogens with one attached hydrogen (secondary N) is 4. The van der Waals surface area contributed by atoms with Crippen LogP contribution in [0.3, 0.4) is 0 Å². The number of alkyl carbamates (subject to hydrolysis) is 2. The average molecular weight is 895 g/mol. The molecule has 0 unspecified atom stereocenters. The van der Waals surface area contributed by atoms with Crippen molar-refractivity contribution in [3.05, 3.63) is 102 Å². The maximum absolute atomic E-state index is 14.5. The number of fused-ring (bicyclic) bond motifs is 7. The number of hydrogen-bond donors (Lipinski definition) is 4. The molecule has 1 saturated carbocycles. The molecular weight excluding hydrogens is 841 g/mol. The first-order valence-electron chi connectivity index (χ1n) is 22.6. The number of aromatic amines is 2. The van der Waals surface area contributed by atoms with E-state index in [9.17, 15) is 19.2 Å². The number of methoxy groups -OCH3 is 3. The SMILES string of the molecule is COC[C@H]1C[C@@H](c2ncc(-c3ccc4c(c3)COc3cc5c(ccc6nc([C@@H]7C[C@H]8[C@@H](C)[C@H]8N7C(=O)[C@H](NC(=O)OC)c7ccccc7)[nH]c65)cc3-4)[nH]2)N(C(=O)[C@@H](NC(=O)OC)C(C)C)C1. The highest BCUT2D eigenvalue weighted by Gasteiger charge is 2.61. The van der Waals surface area contributed by atoms with Gasteiger partial charge >= 0.3 is 12.2 Å². The molecule has 2 aromatic heterocycles. The largest absolute Gasteiger partial charge is 0.488 e. The molecule has 66 heavy (non-hydrogen) atoms. The number of likely N-dealkylation sites (tertiary alicyclic amines) is 2. The molecule has 6 aromatic rings. The van der Waals surface area contributed by atoms with Crippen molar-refractivity contribution in [1.82, 2.24) is 40.4 Å². The van der Waals surface area contributed by atoms with Crippen LogP contribution in [-0.4, -0.2) is 100 Å². The van der Waals surface area contributed by atoms with Gasteiger partial charge in [0.05, 0.1) is 55.8 Å². The summed E-state index contributed by atoms with van der Waals surface area (Å²) in [5, 5.41) is 7.49. The quantitative estimate of drug-likeness (QED) is 0.101. The maximum Gasteiger partial charge on any atom is 0.407 e. The Kier molecular flexibility index (Phi) is 11.2. The first kappa shape index (κ1) is 43.0. The summed E-state index contributed by atoms with van der Waals surface area (Å²) in [5.41, 5.74) is 7.18. The van der Waals surface area contributed by atoms with E-state index in [1.54, 1.807) is 18.2 Å². The standard InChI is InChI=1S/C50H54N8O8/c1-25(2)41(55-49(61)64-5)47(59)57-22-27(23-63-4)16-38(57)45-51-21-37(53-45)30-12-14-32-31(17-30)24-66-40-20-34-29(18-35(32)40)13-15-36-43(34)54-46(52-36)39-19-33-26(3)44(33)58(39)48(60)42(56-50(62)65-6)28-10-8-7-9-11-28/h7-15,17-18,20-21,25-27,33,38-39,41-42,44H,16,19,22-24H2,1-6H3,(H,51,53)(H,52,54)(H,55,61)(H,56,62)/t26-,27+,33+,38+,39+,41+,42-,44-/m1/s1. The van der Waals surface area contributed by atoms with Crippen LogP contribution in [0.15, 0.2) is 79.0 Å². The molecule has 342 valence electrons. The number of H-pyrrole nitrogens is 2. The van der Waals surface area contributed by atoms with Gasteiger partial charge in [-0.15, -0.1) is 0 Å². The molecular formula is C50H54N8O8. The highest BCUT2D eigenvalue weighted by molar-refractivity contribution is 6.07. The van der Waals surface area contributed by atoms with Crippen molar-refractivity contribution in [3.8, 4) is 28.1 Å². The van der Waals surface area contributed by atoms with Gasteiger partial charge in [-0.2, -0.15) is 0 Å². The van der Waals surface area contributed by atoms with Gasteiger partial charge in [-0.25, -0.2) is 19.6 Å². The Balaban J connectivity index is 0.915. The van der Waals surface area contributed by atoms with Crippen molar-refractivity contribution < 1.29 is 38.1 Å². The third-order valence-corrected chi connectivity index (χ3v) is 14.1. The Labute approximate surface area is 381 Å². The Morgan fingerprint density at radius 3 is 2.41 bits per heavy atom. The summed E-state index contributed by atoms with van der Waals surface area (Å²) in [6, 6.07) is 21.7. The number of benzene rings is 4. The molecule has 4 N–H and O–H groups in total. The number of aromatic nitrogens is 4. The first-order valence-corrected chi connectivity index (χ1v) is 22.6. The summed E-state index contributed by atoms with van der Waals surface area (Å²) >= 11 is 0.